The number of aryl methyl sites for hydroxylation is 1. The second kappa shape index (κ2) is 13.4. The molecule has 1 atom stereocenters. The van der Waals surface area contributed by atoms with Crippen molar-refractivity contribution in [2.45, 2.75) is 69.8 Å². The van der Waals surface area contributed by atoms with Crippen LogP contribution in [0, 0.1) is 6.92 Å². The lowest BCUT2D eigenvalue weighted by Gasteiger charge is -2.46. The number of hydrogen-bond donors (Lipinski definition) is 2. The molecule has 0 aliphatic carbocycles. The molecule has 17 heteroatoms. The molecule has 1 unspecified atom stereocenters. The predicted octanol–water partition coefficient (Wildman–Crippen LogP) is 4.03. The monoisotopic (exact) mass is 628 g/mol. The molecule has 3 aliphatic rings. The van der Waals surface area contributed by atoms with Crippen LogP contribution in [0.5, 0.6) is 0 Å². The van der Waals surface area contributed by atoms with Crippen LogP contribution in [-0.4, -0.2) is 92.0 Å². The average Bonchev–Trinajstić information content (AvgIpc) is 3.67. The molecule has 42 heavy (non-hydrogen) atoms. The van der Waals surface area contributed by atoms with Gasteiger partial charge >= 0.3 is 24.3 Å². The highest BCUT2D eigenvalue weighted by Crippen LogP contribution is 2.41. The van der Waals surface area contributed by atoms with E-state index in [1.165, 1.54) is 9.75 Å². The van der Waals surface area contributed by atoms with Gasteiger partial charge in [0.25, 0.3) is 5.91 Å². The third kappa shape index (κ3) is 8.67. The second-order valence-corrected chi connectivity index (χ2v) is 11.3. The van der Waals surface area contributed by atoms with Gasteiger partial charge < -0.3 is 24.4 Å². The SMILES string of the molecule is Cc1ccc(CN2CCC3(CC2)OC(C(=O)N2CCCC2)Cn2ccnc23)s1.O=C(O)C(F)(F)F.O=C(O)C(F)(F)F. The van der Waals surface area contributed by atoms with Crippen LogP contribution in [0.2, 0.25) is 0 Å². The van der Waals surface area contributed by atoms with E-state index in [-0.39, 0.29) is 12.0 Å². The first-order valence-corrected chi connectivity index (χ1v) is 13.7. The van der Waals surface area contributed by atoms with Crippen LogP contribution in [0.4, 0.5) is 26.3 Å². The number of carboxylic acid groups (broad SMARTS) is 2. The Hall–Kier alpha value is -3.18. The number of fused-ring (bicyclic) bond motifs is 2. The van der Waals surface area contributed by atoms with Crippen LogP contribution >= 0.6 is 11.3 Å². The number of aromatic nitrogens is 2. The molecule has 1 spiro atoms. The first-order chi connectivity index (χ1) is 19.5. The summed E-state index contributed by atoms with van der Waals surface area (Å²) in [6, 6.07) is 4.43. The lowest BCUT2D eigenvalue weighted by Crippen LogP contribution is -2.54. The maximum absolute atomic E-state index is 13.0. The van der Waals surface area contributed by atoms with Gasteiger partial charge in [-0.15, -0.1) is 11.3 Å². The number of nitrogens with zero attached hydrogens (tertiary/aromatic N) is 4. The minimum atomic E-state index is -5.08. The van der Waals surface area contributed by atoms with Crippen molar-refractivity contribution in [3.8, 4) is 0 Å². The molecule has 234 valence electrons. The fourth-order valence-corrected chi connectivity index (χ4v) is 5.80. The summed E-state index contributed by atoms with van der Waals surface area (Å²) in [4.78, 5) is 42.7. The van der Waals surface area contributed by atoms with Gasteiger partial charge in [0.05, 0.1) is 6.54 Å². The number of rotatable bonds is 3. The largest absolute Gasteiger partial charge is 0.490 e. The zero-order valence-electron chi connectivity index (χ0n) is 22.5. The Kier molecular flexibility index (Phi) is 10.6. The summed E-state index contributed by atoms with van der Waals surface area (Å²) < 4.78 is 72.2. The molecule has 2 fully saturated rings. The Morgan fingerprint density at radius 2 is 1.55 bits per heavy atom. The van der Waals surface area contributed by atoms with E-state index >= 15 is 0 Å². The quantitative estimate of drug-likeness (QED) is 0.489. The standard InChI is InChI=1S/C21H28N4O2S.2C2HF3O2/c1-16-4-5-17(28-16)14-23-11-6-21(7-12-23)20-22-8-13-25(20)15-18(27-21)19(26)24-9-2-3-10-24;2*3-2(4,5)1(6)7/h4-5,8,13,18H,2-3,6-7,9-12,14-15H2,1H3;2*(H,6,7). The van der Waals surface area contributed by atoms with Gasteiger partial charge in [0.2, 0.25) is 0 Å². The number of hydrogen-bond acceptors (Lipinski definition) is 7. The van der Waals surface area contributed by atoms with Crippen molar-refractivity contribution in [2.24, 2.45) is 0 Å². The van der Waals surface area contributed by atoms with Crippen molar-refractivity contribution in [3.63, 3.8) is 0 Å². The Balaban J connectivity index is 0.000000289. The number of amides is 1. The van der Waals surface area contributed by atoms with Crippen LogP contribution in [0.3, 0.4) is 0 Å². The van der Waals surface area contributed by atoms with Crippen LogP contribution in [-0.2, 0) is 37.8 Å². The normalized spacial score (nSPS) is 20.2. The summed E-state index contributed by atoms with van der Waals surface area (Å²) in [7, 11) is 0. The van der Waals surface area contributed by atoms with Gasteiger partial charge in [0.15, 0.2) is 6.10 Å². The second-order valence-electron chi connectivity index (χ2n) is 9.93. The number of halogens is 6. The zero-order valence-corrected chi connectivity index (χ0v) is 23.3. The van der Waals surface area contributed by atoms with Gasteiger partial charge in [0.1, 0.15) is 11.4 Å². The van der Waals surface area contributed by atoms with E-state index in [0.717, 1.165) is 64.2 Å². The van der Waals surface area contributed by atoms with Gasteiger partial charge in [-0.05, 0) is 44.7 Å². The lowest BCUT2D eigenvalue weighted by molar-refractivity contribution is -0.193. The summed E-state index contributed by atoms with van der Waals surface area (Å²) in [5, 5.41) is 14.2. The molecule has 10 nitrogen and oxygen atoms in total. The van der Waals surface area contributed by atoms with E-state index in [0.29, 0.717) is 6.54 Å². The van der Waals surface area contributed by atoms with Crippen molar-refractivity contribution in [1.82, 2.24) is 19.4 Å². The smallest absolute Gasteiger partial charge is 0.475 e. The summed E-state index contributed by atoms with van der Waals surface area (Å²) in [5.74, 6) is -4.35. The van der Waals surface area contributed by atoms with E-state index in [4.69, 9.17) is 24.5 Å². The predicted molar refractivity (Wildman–Crippen MR) is 136 cm³/mol. The molecule has 5 rings (SSSR count). The first-order valence-electron chi connectivity index (χ1n) is 12.9. The topological polar surface area (TPSA) is 125 Å². The molecular weight excluding hydrogens is 598 g/mol. The number of thiophene rings is 1. The van der Waals surface area contributed by atoms with E-state index in [1.807, 2.05) is 28.6 Å². The number of ether oxygens (including phenoxy) is 1. The minimum absolute atomic E-state index is 0.160. The van der Waals surface area contributed by atoms with Crippen LogP contribution in [0.15, 0.2) is 24.5 Å². The van der Waals surface area contributed by atoms with E-state index in [1.54, 1.807) is 0 Å². The maximum Gasteiger partial charge on any atom is 0.490 e. The number of piperidine rings is 1. The van der Waals surface area contributed by atoms with Crippen LogP contribution < -0.4 is 0 Å². The summed E-state index contributed by atoms with van der Waals surface area (Å²) >= 11 is 1.88. The lowest BCUT2D eigenvalue weighted by atomic mass is 9.88. The molecule has 0 saturated carbocycles. The number of carboxylic acids is 2. The molecule has 3 aliphatic heterocycles. The molecule has 2 N–H and O–H groups in total. The number of imidazole rings is 1. The van der Waals surface area contributed by atoms with Crippen molar-refractivity contribution in [3.05, 3.63) is 40.1 Å². The zero-order chi connectivity index (χ0) is 31.3. The molecule has 5 heterocycles. The maximum atomic E-state index is 13.0. The van der Waals surface area contributed by atoms with Gasteiger partial charge in [-0.25, -0.2) is 14.6 Å². The average molecular weight is 629 g/mol. The van der Waals surface area contributed by atoms with Crippen LogP contribution in [0.1, 0.15) is 41.3 Å². The molecule has 0 bridgehead atoms. The Morgan fingerprint density at radius 3 is 2.02 bits per heavy atom. The van der Waals surface area contributed by atoms with Gasteiger partial charge in [-0.2, -0.15) is 26.3 Å². The number of alkyl halides is 6. The third-order valence-corrected chi connectivity index (χ3v) is 7.86. The number of carbonyl (C=O) groups is 3. The van der Waals surface area contributed by atoms with E-state index < -0.39 is 29.9 Å². The van der Waals surface area contributed by atoms with Crippen molar-refractivity contribution in [1.29, 1.82) is 0 Å². The summed E-state index contributed by atoms with van der Waals surface area (Å²) in [6.07, 6.45) is -2.70. The Labute approximate surface area is 240 Å². The molecule has 0 aromatic carbocycles. The number of aliphatic carboxylic acids is 2. The van der Waals surface area contributed by atoms with E-state index in [2.05, 4.69) is 33.5 Å². The van der Waals surface area contributed by atoms with Crippen LogP contribution in [0.25, 0.3) is 0 Å². The molecular formula is C25H30F6N4O6S. The Morgan fingerprint density at radius 1 is 1.00 bits per heavy atom. The number of likely N-dealkylation sites (tertiary alicyclic amines) is 2. The van der Waals surface area contributed by atoms with Crippen molar-refractivity contribution < 1.29 is 55.7 Å². The minimum Gasteiger partial charge on any atom is -0.475 e. The fraction of sp³-hybridized carbons (Fsp3) is 0.600. The molecule has 2 saturated heterocycles. The molecule has 1 amide bonds. The van der Waals surface area contributed by atoms with Crippen molar-refractivity contribution >= 4 is 29.2 Å². The number of carbonyl (C=O) groups excluding carboxylic acids is 1. The Bertz CT molecular complexity index is 1210. The first kappa shape index (κ1) is 33.3. The van der Waals surface area contributed by atoms with Crippen molar-refractivity contribution in [2.75, 3.05) is 26.2 Å². The highest BCUT2D eigenvalue weighted by molar-refractivity contribution is 7.11. The molecule has 2 aromatic rings. The highest BCUT2D eigenvalue weighted by atomic mass is 32.1. The van der Waals surface area contributed by atoms with Gasteiger partial charge in [0, 0.05) is 54.9 Å². The van der Waals surface area contributed by atoms with Gasteiger partial charge in [-0.3, -0.25) is 9.69 Å². The van der Waals surface area contributed by atoms with E-state index in [9.17, 15) is 31.1 Å². The van der Waals surface area contributed by atoms with Gasteiger partial charge in [-0.1, -0.05) is 0 Å². The molecule has 0 radical (unpaired) electrons. The highest BCUT2D eigenvalue weighted by Gasteiger charge is 2.48. The fourth-order valence-electron chi connectivity index (χ4n) is 4.87. The molecule has 2 aromatic heterocycles. The summed E-state index contributed by atoms with van der Waals surface area (Å²) in [6.45, 7) is 7.42. The summed E-state index contributed by atoms with van der Waals surface area (Å²) in [5.41, 5.74) is -0.427. The third-order valence-electron chi connectivity index (χ3n) is 6.87.